The maximum Gasteiger partial charge on any atom is 0.308 e. The number of rotatable bonds is 9. The number of benzene rings is 2. The van der Waals surface area contributed by atoms with Crippen molar-refractivity contribution in [2.75, 3.05) is 6.61 Å². The van der Waals surface area contributed by atoms with Crippen LogP contribution in [0, 0.1) is 0 Å². The second-order valence-electron chi connectivity index (χ2n) is 10.1. The van der Waals surface area contributed by atoms with Crippen molar-refractivity contribution in [2.45, 2.75) is 56.1 Å². The molecule has 3 aromatic rings. The number of carboxylic acids is 1. The van der Waals surface area contributed by atoms with Gasteiger partial charge in [-0.2, -0.15) is 0 Å². The second-order valence-corrected chi connectivity index (χ2v) is 10.1. The molecular weight excluding hydrogens is 564 g/mol. The summed E-state index contributed by atoms with van der Waals surface area (Å²) in [6.07, 6.45) is -9.99. The van der Waals surface area contributed by atoms with Gasteiger partial charge in [0.2, 0.25) is 6.29 Å². The molecule has 4 rings (SSSR count). The molecule has 1 aromatic heterocycles. The lowest BCUT2D eigenvalue weighted by Crippen LogP contribution is -2.60. The summed E-state index contributed by atoms with van der Waals surface area (Å²) >= 11 is 0. The monoisotopic (exact) mass is 592 g/mol. The number of carbonyl (C=O) groups excluding carboxylic acids is 1. The third-order valence-electron chi connectivity index (χ3n) is 6.43. The van der Waals surface area contributed by atoms with E-state index < -0.39 is 90.4 Å². The molecule has 226 valence electrons. The predicted molar refractivity (Wildman–Crippen MR) is 139 cm³/mol. The summed E-state index contributed by atoms with van der Waals surface area (Å²) in [6, 6.07) is 6.95. The number of carboxylic acid groups (broad SMARTS) is 1. The van der Waals surface area contributed by atoms with E-state index in [-0.39, 0.29) is 28.0 Å². The Kier molecular flexibility index (Phi) is 8.60. The minimum Gasteiger partial charge on any atom is -0.507 e. The van der Waals surface area contributed by atoms with Crippen LogP contribution in [0.25, 0.3) is 22.3 Å². The van der Waals surface area contributed by atoms with Gasteiger partial charge in [0.05, 0.1) is 18.4 Å². The summed E-state index contributed by atoms with van der Waals surface area (Å²) in [5.74, 6) is -4.04. The molecule has 1 aliphatic rings. The topological polar surface area (TPSA) is 254 Å². The summed E-state index contributed by atoms with van der Waals surface area (Å²) in [5, 5.41) is 79.5. The minimum absolute atomic E-state index is 0.0314. The lowest BCUT2D eigenvalue weighted by Gasteiger charge is -2.40. The molecule has 15 nitrogen and oxygen atoms in total. The first-order chi connectivity index (χ1) is 19.6. The van der Waals surface area contributed by atoms with Crippen molar-refractivity contribution in [3.8, 4) is 34.3 Å². The quantitative estimate of drug-likeness (QED) is 0.119. The second kappa shape index (κ2) is 11.8. The van der Waals surface area contributed by atoms with Crippen molar-refractivity contribution in [3.05, 3.63) is 46.6 Å². The summed E-state index contributed by atoms with van der Waals surface area (Å²) < 4.78 is 21.7. The summed E-state index contributed by atoms with van der Waals surface area (Å²) in [4.78, 5) is 35.6. The standard InChI is InChI=1S/C27H28O15/c1-27(38,8-20(32)33)9-21(34)39-10-19-23(35)24(36)25(37)26(42-19)40-12-5-15(30)22-16(31)7-17(41-18(22)6-12)11-2-3-13(28)14(29)4-11/h2-7,19,23-26,28-30,35-38H,8-10H2,1H3,(H,32,33). The summed E-state index contributed by atoms with van der Waals surface area (Å²) in [5.41, 5.74) is -2.52. The van der Waals surface area contributed by atoms with E-state index in [0.717, 1.165) is 25.1 Å². The SMILES string of the molecule is CC(O)(CC(=O)O)CC(=O)OCC1OC(Oc2cc(O)c3c(=O)cc(-c4ccc(O)c(O)c4)oc3c2)C(O)C(O)C1O. The molecular formula is C27H28O15. The van der Waals surface area contributed by atoms with Gasteiger partial charge in [-0.15, -0.1) is 0 Å². The lowest BCUT2D eigenvalue weighted by molar-refractivity contribution is -0.278. The molecule has 0 bridgehead atoms. The Hall–Kier alpha value is -4.41. The highest BCUT2D eigenvalue weighted by molar-refractivity contribution is 5.86. The van der Waals surface area contributed by atoms with E-state index in [2.05, 4.69) is 0 Å². The fraction of sp³-hybridized carbons (Fsp3) is 0.370. The Morgan fingerprint density at radius 3 is 2.31 bits per heavy atom. The molecule has 0 aliphatic carbocycles. The first-order valence-electron chi connectivity index (χ1n) is 12.4. The van der Waals surface area contributed by atoms with E-state index >= 15 is 0 Å². The zero-order valence-corrected chi connectivity index (χ0v) is 21.9. The number of aliphatic hydroxyl groups excluding tert-OH is 3. The van der Waals surface area contributed by atoms with Crippen LogP contribution in [0.1, 0.15) is 19.8 Å². The lowest BCUT2D eigenvalue weighted by atomic mass is 9.98. The Bertz CT molecular complexity index is 1540. The molecule has 15 heteroatoms. The molecule has 6 atom stereocenters. The van der Waals surface area contributed by atoms with Crippen LogP contribution in [-0.4, -0.2) is 95.7 Å². The van der Waals surface area contributed by atoms with Crippen molar-refractivity contribution in [1.29, 1.82) is 0 Å². The number of hydrogen-bond acceptors (Lipinski definition) is 14. The van der Waals surface area contributed by atoms with E-state index in [1.165, 1.54) is 18.2 Å². The number of aliphatic hydroxyl groups is 4. The van der Waals surface area contributed by atoms with Crippen LogP contribution in [0.2, 0.25) is 0 Å². The van der Waals surface area contributed by atoms with Crippen molar-refractivity contribution >= 4 is 22.9 Å². The van der Waals surface area contributed by atoms with Crippen molar-refractivity contribution in [1.82, 2.24) is 0 Å². The molecule has 2 heterocycles. The fourth-order valence-electron chi connectivity index (χ4n) is 4.34. The molecule has 6 unspecified atom stereocenters. The van der Waals surface area contributed by atoms with Gasteiger partial charge in [-0.25, -0.2) is 0 Å². The van der Waals surface area contributed by atoms with Crippen LogP contribution in [-0.2, 0) is 19.1 Å². The summed E-state index contributed by atoms with van der Waals surface area (Å²) in [6.45, 7) is 0.449. The van der Waals surface area contributed by atoms with Crippen molar-refractivity contribution in [2.24, 2.45) is 0 Å². The molecule has 8 N–H and O–H groups in total. The maximum atomic E-state index is 12.7. The average Bonchev–Trinajstić information content (AvgIpc) is 2.88. The van der Waals surface area contributed by atoms with E-state index in [0.29, 0.717) is 0 Å². The Morgan fingerprint density at radius 2 is 1.64 bits per heavy atom. The number of aliphatic carboxylic acids is 1. The number of phenols is 3. The van der Waals surface area contributed by atoms with Gasteiger partial charge >= 0.3 is 11.9 Å². The van der Waals surface area contributed by atoms with E-state index in [4.69, 9.17) is 23.7 Å². The first kappa shape index (κ1) is 30.5. The maximum absolute atomic E-state index is 12.7. The largest absolute Gasteiger partial charge is 0.507 e. The Labute approximate surface area is 236 Å². The van der Waals surface area contributed by atoms with Crippen LogP contribution in [0.5, 0.6) is 23.0 Å². The molecule has 1 aliphatic heterocycles. The molecule has 0 spiro atoms. The normalized spacial score (nSPS) is 23.7. The van der Waals surface area contributed by atoms with Crippen molar-refractivity contribution < 1.29 is 69.1 Å². The molecule has 1 saturated heterocycles. The number of esters is 1. The van der Waals surface area contributed by atoms with Crippen LogP contribution >= 0.6 is 0 Å². The third kappa shape index (κ3) is 6.72. The minimum atomic E-state index is -1.91. The van der Waals surface area contributed by atoms with E-state index in [1.54, 1.807) is 0 Å². The van der Waals surface area contributed by atoms with Crippen LogP contribution in [0.15, 0.2) is 45.6 Å². The number of fused-ring (bicyclic) bond motifs is 1. The van der Waals surface area contributed by atoms with E-state index in [9.17, 15) is 50.1 Å². The molecule has 0 amide bonds. The Balaban J connectivity index is 1.53. The summed E-state index contributed by atoms with van der Waals surface area (Å²) in [7, 11) is 0. The first-order valence-corrected chi connectivity index (χ1v) is 12.4. The zero-order valence-electron chi connectivity index (χ0n) is 21.9. The van der Waals surface area contributed by atoms with Crippen LogP contribution in [0.3, 0.4) is 0 Å². The number of hydrogen-bond donors (Lipinski definition) is 8. The Morgan fingerprint density at radius 1 is 0.929 bits per heavy atom. The number of phenolic OH excluding ortho intramolecular Hbond substituents is 3. The zero-order chi connectivity index (χ0) is 30.9. The van der Waals surface area contributed by atoms with Crippen LogP contribution in [0.4, 0.5) is 0 Å². The highest BCUT2D eigenvalue weighted by Gasteiger charge is 2.45. The number of ether oxygens (including phenoxy) is 3. The third-order valence-corrected chi connectivity index (χ3v) is 6.43. The van der Waals surface area contributed by atoms with Gasteiger partial charge in [0.15, 0.2) is 16.9 Å². The van der Waals surface area contributed by atoms with E-state index in [1.807, 2.05) is 0 Å². The predicted octanol–water partition coefficient (Wildman–Crippen LogP) is -0.0778. The highest BCUT2D eigenvalue weighted by atomic mass is 16.7. The van der Waals surface area contributed by atoms with Gasteiger partial charge in [0.25, 0.3) is 0 Å². The average molecular weight is 593 g/mol. The van der Waals surface area contributed by atoms with Gasteiger partial charge in [0, 0.05) is 23.8 Å². The molecule has 2 aromatic carbocycles. The van der Waals surface area contributed by atoms with Gasteiger partial charge in [-0.05, 0) is 25.1 Å². The van der Waals surface area contributed by atoms with Gasteiger partial charge in [-0.1, -0.05) is 0 Å². The van der Waals surface area contributed by atoms with Crippen LogP contribution < -0.4 is 10.2 Å². The fourth-order valence-corrected chi connectivity index (χ4v) is 4.34. The van der Waals surface area contributed by atoms with Crippen molar-refractivity contribution in [3.63, 3.8) is 0 Å². The number of carbonyl (C=O) groups is 2. The van der Waals surface area contributed by atoms with Gasteiger partial charge in [0.1, 0.15) is 59.3 Å². The molecule has 0 radical (unpaired) electrons. The molecule has 0 saturated carbocycles. The highest BCUT2D eigenvalue weighted by Crippen LogP contribution is 2.35. The number of aromatic hydroxyl groups is 3. The smallest absolute Gasteiger partial charge is 0.308 e. The van der Waals surface area contributed by atoms with Gasteiger partial charge < -0.3 is 59.5 Å². The van der Waals surface area contributed by atoms with Gasteiger partial charge in [-0.3, -0.25) is 14.4 Å². The molecule has 1 fully saturated rings. The molecule has 42 heavy (non-hydrogen) atoms.